The van der Waals surface area contributed by atoms with Crippen molar-refractivity contribution < 1.29 is 9.53 Å². The zero-order valence-electron chi connectivity index (χ0n) is 15.1. The van der Waals surface area contributed by atoms with Gasteiger partial charge in [-0.05, 0) is 50.6 Å². The number of methoxy groups -OCH3 is 1. The van der Waals surface area contributed by atoms with Crippen LogP contribution in [0.2, 0.25) is 0 Å². The normalized spacial score (nSPS) is 19.9. The van der Waals surface area contributed by atoms with Gasteiger partial charge < -0.3 is 9.64 Å². The van der Waals surface area contributed by atoms with Crippen molar-refractivity contribution in [3.63, 3.8) is 0 Å². The minimum atomic E-state index is -0.203. The predicted molar refractivity (Wildman–Crippen MR) is 98.9 cm³/mol. The second kappa shape index (κ2) is 7.03. The molecule has 4 heterocycles. The zero-order chi connectivity index (χ0) is 18.0. The molecule has 0 saturated carbocycles. The monoisotopic (exact) mass is 352 g/mol. The first-order valence-corrected chi connectivity index (χ1v) is 9.14. The average Bonchev–Trinajstić information content (AvgIpc) is 3.01. The van der Waals surface area contributed by atoms with Gasteiger partial charge in [-0.2, -0.15) is 0 Å². The standard InChI is InChI=1S/C20H24N4O2/c1-26-18-16(4-2-10-22-18)15-23-11-6-20(7-12-23)8-13-24(19(20)25)17-5-3-9-21-14-17/h2-5,9-10,14H,6-8,11-13,15H2,1H3. The van der Waals surface area contributed by atoms with E-state index in [0.717, 1.165) is 56.7 Å². The molecule has 0 radical (unpaired) electrons. The molecule has 0 bridgehead atoms. The van der Waals surface area contributed by atoms with Crippen molar-refractivity contribution in [3.8, 4) is 5.88 Å². The predicted octanol–water partition coefficient (Wildman–Crippen LogP) is 2.50. The topological polar surface area (TPSA) is 58.6 Å². The molecule has 0 atom stereocenters. The zero-order valence-corrected chi connectivity index (χ0v) is 15.1. The molecule has 2 aromatic heterocycles. The molecule has 26 heavy (non-hydrogen) atoms. The summed E-state index contributed by atoms with van der Waals surface area (Å²) in [6.07, 6.45) is 8.02. The smallest absolute Gasteiger partial charge is 0.233 e. The highest BCUT2D eigenvalue weighted by Gasteiger charge is 2.48. The number of likely N-dealkylation sites (tertiary alicyclic amines) is 1. The molecule has 0 aliphatic carbocycles. The summed E-state index contributed by atoms with van der Waals surface area (Å²) in [6, 6.07) is 7.85. The summed E-state index contributed by atoms with van der Waals surface area (Å²) in [7, 11) is 1.65. The summed E-state index contributed by atoms with van der Waals surface area (Å²) in [5.41, 5.74) is 1.81. The first-order chi connectivity index (χ1) is 12.7. The maximum Gasteiger partial charge on any atom is 0.233 e. The number of pyridine rings is 2. The number of nitrogens with zero attached hydrogens (tertiary/aromatic N) is 4. The molecule has 1 amide bonds. The first kappa shape index (κ1) is 17.0. The Hall–Kier alpha value is -2.47. The molecular formula is C20H24N4O2. The van der Waals surface area contributed by atoms with E-state index in [-0.39, 0.29) is 11.3 Å². The molecule has 0 N–H and O–H groups in total. The van der Waals surface area contributed by atoms with Crippen LogP contribution in [0.1, 0.15) is 24.8 Å². The molecule has 2 fully saturated rings. The Morgan fingerprint density at radius 2 is 1.88 bits per heavy atom. The summed E-state index contributed by atoms with van der Waals surface area (Å²) in [6.45, 7) is 3.45. The van der Waals surface area contributed by atoms with E-state index in [2.05, 4.69) is 20.9 Å². The second-order valence-electron chi connectivity index (χ2n) is 7.15. The van der Waals surface area contributed by atoms with Crippen LogP contribution in [-0.4, -0.2) is 47.5 Å². The van der Waals surface area contributed by atoms with E-state index >= 15 is 0 Å². The lowest BCUT2D eigenvalue weighted by molar-refractivity contribution is -0.128. The summed E-state index contributed by atoms with van der Waals surface area (Å²) in [5, 5.41) is 0. The summed E-state index contributed by atoms with van der Waals surface area (Å²) >= 11 is 0. The fraction of sp³-hybridized carbons (Fsp3) is 0.450. The molecule has 2 aliphatic rings. The fourth-order valence-electron chi connectivity index (χ4n) is 4.15. The lowest BCUT2D eigenvalue weighted by atomic mass is 9.77. The van der Waals surface area contributed by atoms with Crippen LogP contribution in [0.25, 0.3) is 0 Å². The summed E-state index contributed by atoms with van der Waals surface area (Å²) in [5.74, 6) is 0.955. The van der Waals surface area contributed by atoms with Crippen LogP contribution in [0.4, 0.5) is 5.69 Å². The number of ether oxygens (including phenoxy) is 1. The van der Waals surface area contributed by atoms with Gasteiger partial charge in [0.05, 0.1) is 24.4 Å². The first-order valence-electron chi connectivity index (χ1n) is 9.14. The van der Waals surface area contributed by atoms with Gasteiger partial charge in [-0.3, -0.25) is 14.7 Å². The Morgan fingerprint density at radius 3 is 2.62 bits per heavy atom. The second-order valence-corrected chi connectivity index (χ2v) is 7.15. The largest absolute Gasteiger partial charge is 0.481 e. The lowest BCUT2D eigenvalue weighted by Crippen LogP contribution is -2.44. The molecule has 1 spiro atoms. The van der Waals surface area contributed by atoms with Crippen molar-refractivity contribution in [1.82, 2.24) is 14.9 Å². The van der Waals surface area contributed by atoms with Crippen LogP contribution in [0.3, 0.4) is 0 Å². The third kappa shape index (κ3) is 3.05. The molecule has 2 aliphatic heterocycles. The van der Waals surface area contributed by atoms with E-state index in [9.17, 15) is 4.79 Å². The minimum absolute atomic E-state index is 0.203. The van der Waals surface area contributed by atoms with E-state index in [0.29, 0.717) is 5.88 Å². The molecule has 136 valence electrons. The van der Waals surface area contributed by atoms with Crippen LogP contribution >= 0.6 is 0 Å². The van der Waals surface area contributed by atoms with Crippen molar-refractivity contribution in [3.05, 3.63) is 48.4 Å². The van der Waals surface area contributed by atoms with Gasteiger partial charge in [-0.25, -0.2) is 4.98 Å². The number of piperidine rings is 1. The van der Waals surface area contributed by atoms with Gasteiger partial charge in [-0.15, -0.1) is 0 Å². The van der Waals surface area contributed by atoms with Gasteiger partial charge in [0, 0.05) is 31.0 Å². The van der Waals surface area contributed by atoms with Crippen LogP contribution in [0, 0.1) is 5.41 Å². The third-order valence-electron chi connectivity index (χ3n) is 5.72. The van der Waals surface area contributed by atoms with E-state index in [4.69, 9.17) is 4.74 Å². The van der Waals surface area contributed by atoms with Gasteiger partial charge in [-0.1, -0.05) is 6.07 Å². The number of amides is 1. The van der Waals surface area contributed by atoms with Crippen LogP contribution < -0.4 is 9.64 Å². The van der Waals surface area contributed by atoms with Gasteiger partial charge in [0.1, 0.15) is 0 Å². The molecule has 6 nitrogen and oxygen atoms in total. The highest BCUT2D eigenvalue weighted by molar-refractivity contribution is 5.99. The van der Waals surface area contributed by atoms with Gasteiger partial charge in [0.15, 0.2) is 0 Å². The lowest BCUT2D eigenvalue weighted by Gasteiger charge is -2.38. The number of aromatic nitrogens is 2. The molecule has 0 aromatic carbocycles. The van der Waals surface area contributed by atoms with Gasteiger partial charge in [0.2, 0.25) is 11.8 Å². The molecule has 6 heteroatoms. The Morgan fingerprint density at radius 1 is 1.12 bits per heavy atom. The van der Waals surface area contributed by atoms with Crippen molar-refractivity contribution in [2.45, 2.75) is 25.8 Å². The Kier molecular flexibility index (Phi) is 4.59. The third-order valence-corrected chi connectivity index (χ3v) is 5.72. The summed E-state index contributed by atoms with van der Waals surface area (Å²) < 4.78 is 5.36. The molecule has 4 rings (SSSR count). The Labute approximate surface area is 153 Å². The number of hydrogen-bond acceptors (Lipinski definition) is 5. The average molecular weight is 352 g/mol. The van der Waals surface area contributed by atoms with Crippen molar-refractivity contribution in [2.75, 3.05) is 31.6 Å². The number of rotatable bonds is 4. The van der Waals surface area contributed by atoms with E-state index in [1.807, 2.05) is 23.1 Å². The maximum absolute atomic E-state index is 13.1. The molecule has 0 unspecified atom stereocenters. The highest BCUT2D eigenvalue weighted by atomic mass is 16.5. The Balaban J connectivity index is 1.41. The summed E-state index contributed by atoms with van der Waals surface area (Å²) in [4.78, 5) is 25.8. The van der Waals surface area contributed by atoms with Crippen LogP contribution in [0.5, 0.6) is 5.88 Å². The number of carbonyl (C=O) groups is 1. The maximum atomic E-state index is 13.1. The SMILES string of the molecule is COc1ncccc1CN1CCC2(CC1)CCN(c1cccnc1)C2=O. The quantitative estimate of drug-likeness (QED) is 0.846. The highest BCUT2D eigenvalue weighted by Crippen LogP contribution is 2.43. The fourth-order valence-corrected chi connectivity index (χ4v) is 4.15. The van der Waals surface area contributed by atoms with Gasteiger partial charge in [0.25, 0.3) is 0 Å². The number of anilines is 1. The van der Waals surface area contributed by atoms with Gasteiger partial charge >= 0.3 is 0 Å². The van der Waals surface area contributed by atoms with E-state index in [1.165, 1.54) is 0 Å². The van der Waals surface area contributed by atoms with Crippen molar-refractivity contribution in [2.24, 2.45) is 5.41 Å². The Bertz CT molecular complexity index is 772. The minimum Gasteiger partial charge on any atom is -0.481 e. The van der Waals surface area contributed by atoms with E-state index < -0.39 is 0 Å². The van der Waals surface area contributed by atoms with Crippen molar-refractivity contribution in [1.29, 1.82) is 0 Å². The van der Waals surface area contributed by atoms with Crippen LogP contribution in [0.15, 0.2) is 42.9 Å². The molecule has 2 saturated heterocycles. The van der Waals surface area contributed by atoms with Crippen LogP contribution in [-0.2, 0) is 11.3 Å². The van der Waals surface area contributed by atoms with E-state index in [1.54, 1.807) is 25.7 Å². The number of hydrogen-bond donors (Lipinski definition) is 0. The van der Waals surface area contributed by atoms with Crippen molar-refractivity contribution >= 4 is 11.6 Å². The molecule has 2 aromatic rings. The number of carbonyl (C=O) groups excluding carboxylic acids is 1. The molecular weight excluding hydrogens is 328 g/mol.